The van der Waals surface area contributed by atoms with Crippen molar-refractivity contribution in [3.05, 3.63) is 18.2 Å². The summed E-state index contributed by atoms with van der Waals surface area (Å²) in [4.78, 5) is 2.06. The lowest BCUT2D eigenvalue weighted by atomic mass is 10.2. The van der Waals surface area contributed by atoms with E-state index in [-0.39, 0.29) is 4.90 Å². The van der Waals surface area contributed by atoms with Crippen LogP contribution in [0.1, 0.15) is 13.8 Å². The van der Waals surface area contributed by atoms with Crippen molar-refractivity contribution in [2.45, 2.75) is 18.7 Å². The summed E-state index contributed by atoms with van der Waals surface area (Å²) in [5.41, 5.74) is 7.06. The van der Waals surface area contributed by atoms with Crippen molar-refractivity contribution in [3.8, 4) is 0 Å². The Balaban J connectivity index is 3.29. The van der Waals surface area contributed by atoms with Crippen molar-refractivity contribution in [2.75, 3.05) is 23.7 Å². The molecule has 6 heteroatoms. The van der Waals surface area contributed by atoms with Crippen molar-refractivity contribution in [3.63, 3.8) is 0 Å². The lowest BCUT2D eigenvalue weighted by Crippen LogP contribution is -2.23. The minimum atomic E-state index is -3.67. The van der Waals surface area contributed by atoms with E-state index >= 15 is 0 Å². The van der Waals surface area contributed by atoms with E-state index < -0.39 is 10.0 Å². The number of rotatable bonds is 4. The Morgan fingerprint density at radius 1 is 1.25 bits per heavy atom. The Labute approximate surface area is 96.1 Å². The maximum absolute atomic E-state index is 11.2. The predicted octanol–water partition coefficient (Wildman–Crippen LogP) is 0.762. The van der Waals surface area contributed by atoms with Gasteiger partial charge in [0.1, 0.15) is 0 Å². The van der Waals surface area contributed by atoms with E-state index in [1.54, 1.807) is 6.07 Å². The first-order valence-electron chi connectivity index (χ1n) is 5.07. The van der Waals surface area contributed by atoms with Crippen LogP contribution in [0.25, 0.3) is 0 Å². The summed E-state index contributed by atoms with van der Waals surface area (Å²) in [5.74, 6) is 0. The van der Waals surface area contributed by atoms with Gasteiger partial charge in [0.25, 0.3) is 0 Å². The molecule has 0 radical (unpaired) electrons. The second-order valence-corrected chi connectivity index (χ2v) is 5.00. The Hall–Kier alpha value is -1.27. The minimum absolute atomic E-state index is 0.0867. The molecule has 1 rings (SSSR count). The zero-order valence-electron chi connectivity index (χ0n) is 9.47. The topological polar surface area (TPSA) is 89.4 Å². The summed E-state index contributed by atoms with van der Waals surface area (Å²) in [6.45, 7) is 5.47. The van der Waals surface area contributed by atoms with Crippen LogP contribution >= 0.6 is 0 Å². The van der Waals surface area contributed by atoms with Crippen LogP contribution in [0.2, 0.25) is 0 Å². The standard InChI is InChI=1S/C10H17N3O2S/c1-3-13(4-2)10-7-8(16(12,14)15)5-6-9(10)11/h5-7H,3-4,11H2,1-2H3,(H2,12,14,15). The Kier molecular flexibility index (Phi) is 3.77. The summed E-state index contributed by atoms with van der Waals surface area (Å²) < 4.78 is 22.4. The van der Waals surface area contributed by atoms with Gasteiger partial charge in [-0.1, -0.05) is 0 Å². The van der Waals surface area contributed by atoms with Gasteiger partial charge < -0.3 is 10.6 Å². The van der Waals surface area contributed by atoms with Gasteiger partial charge in [-0.25, -0.2) is 13.6 Å². The molecule has 4 N–H and O–H groups in total. The average molecular weight is 243 g/mol. The van der Waals surface area contributed by atoms with Crippen LogP contribution in [0.4, 0.5) is 11.4 Å². The van der Waals surface area contributed by atoms with E-state index in [9.17, 15) is 8.42 Å². The molecule has 0 bridgehead atoms. The molecule has 0 atom stereocenters. The molecule has 0 aliphatic heterocycles. The highest BCUT2D eigenvalue weighted by molar-refractivity contribution is 7.89. The molecule has 0 spiro atoms. The molecule has 90 valence electrons. The van der Waals surface area contributed by atoms with E-state index in [1.165, 1.54) is 12.1 Å². The van der Waals surface area contributed by atoms with Crippen LogP contribution in [-0.4, -0.2) is 21.5 Å². The van der Waals surface area contributed by atoms with Gasteiger partial charge in [-0.15, -0.1) is 0 Å². The minimum Gasteiger partial charge on any atom is -0.397 e. The van der Waals surface area contributed by atoms with Gasteiger partial charge in [0.2, 0.25) is 10.0 Å². The fourth-order valence-corrected chi connectivity index (χ4v) is 2.07. The second-order valence-electron chi connectivity index (χ2n) is 3.44. The Morgan fingerprint density at radius 2 is 1.81 bits per heavy atom. The highest BCUT2D eigenvalue weighted by Crippen LogP contribution is 2.25. The van der Waals surface area contributed by atoms with Crippen LogP contribution in [0.3, 0.4) is 0 Å². The Bertz CT molecular complexity index is 467. The number of nitrogens with two attached hydrogens (primary N) is 2. The van der Waals surface area contributed by atoms with Crippen molar-refractivity contribution in [1.29, 1.82) is 0 Å². The molecule has 0 saturated carbocycles. The van der Waals surface area contributed by atoms with Crippen molar-refractivity contribution >= 4 is 21.4 Å². The summed E-state index contributed by atoms with van der Waals surface area (Å²) in [5, 5.41) is 5.07. The van der Waals surface area contributed by atoms with Crippen molar-refractivity contribution < 1.29 is 8.42 Å². The first-order valence-corrected chi connectivity index (χ1v) is 6.62. The van der Waals surface area contributed by atoms with E-state index in [4.69, 9.17) is 10.9 Å². The van der Waals surface area contributed by atoms with Crippen LogP contribution in [0.5, 0.6) is 0 Å². The van der Waals surface area contributed by atoms with Gasteiger partial charge in [-0.2, -0.15) is 0 Å². The number of anilines is 2. The van der Waals surface area contributed by atoms with E-state index in [0.717, 1.165) is 13.1 Å². The normalized spacial score (nSPS) is 11.4. The molecule has 0 amide bonds. The quantitative estimate of drug-likeness (QED) is 0.764. The van der Waals surface area contributed by atoms with Crippen LogP contribution in [0, 0.1) is 0 Å². The molecule has 0 aromatic heterocycles. The van der Waals surface area contributed by atoms with Crippen LogP contribution < -0.4 is 15.8 Å². The first kappa shape index (κ1) is 12.8. The van der Waals surface area contributed by atoms with Gasteiger partial charge in [0, 0.05) is 13.1 Å². The second kappa shape index (κ2) is 4.71. The van der Waals surface area contributed by atoms with Crippen LogP contribution in [0.15, 0.2) is 23.1 Å². The predicted molar refractivity (Wildman–Crippen MR) is 65.8 cm³/mol. The third kappa shape index (κ3) is 2.65. The van der Waals surface area contributed by atoms with Gasteiger partial charge in [-0.3, -0.25) is 0 Å². The highest BCUT2D eigenvalue weighted by atomic mass is 32.2. The van der Waals surface area contributed by atoms with Gasteiger partial charge in [0.15, 0.2) is 0 Å². The third-order valence-corrected chi connectivity index (χ3v) is 3.35. The average Bonchev–Trinajstić information content (AvgIpc) is 2.20. The fourth-order valence-electron chi connectivity index (χ4n) is 1.54. The van der Waals surface area contributed by atoms with E-state index in [1.807, 2.05) is 18.7 Å². The molecular weight excluding hydrogens is 226 g/mol. The first-order chi connectivity index (χ1) is 7.40. The van der Waals surface area contributed by atoms with Gasteiger partial charge in [-0.05, 0) is 32.0 Å². The molecule has 1 aromatic carbocycles. The maximum Gasteiger partial charge on any atom is 0.238 e. The molecular formula is C10H17N3O2S. The summed E-state index contributed by atoms with van der Waals surface area (Å²) in [6, 6.07) is 4.49. The molecule has 0 fully saturated rings. The summed E-state index contributed by atoms with van der Waals surface area (Å²) in [6.07, 6.45) is 0. The third-order valence-electron chi connectivity index (χ3n) is 2.43. The number of benzene rings is 1. The Morgan fingerprint density at radius 3 is 2.25 bits per heavy atom. The molecule has 0 unspecified atom stereocenters. The van der Waals surface area contributed by atoms with Crippen LogP contribution in [-0.2, 0) is 10.0 Å². The molecule has 1 aromatic rings. The van der Waals surface area contributed by atoms with Crippen molar-refractivity contribution in [1.82, 2.24) is 0 Å². The number of sulfonamides is 1. The van der Waals surface area contributed by atoms with Gasteiger partial charge >= 0.3 is 0 Å². The zero-order chi connectivity index (χ0) is 12.3. The molecule has 0 saturated heterocycles. The lowest BCUT2D eigenvalue weighted by Gasteiger charge is -2.23. The number of nitrogen functional groups attached to an aromatic ring is 1. The number of nitrogens with zero attached hydrogens (tertiary/aromatic N) is 1. The van der Waals surface area contributed by atoms with E-state index in [2.05, 4.69) is 0 Å². The monoisotopic (exact) mass is 243 g/mol. The fraction of sp³-hybridized carbons (Fsp3) is 0.400. The number of hydrogen-bond acceptors (Lipinski definition) is 4. The molecule has 5 nitrogen and oxygen atoms in total. The molecule has 0 heterocycles. The smallest absolute Gasteiger partial charge is 0.238 e. The van der Waals surface area contributed by atoms with Crippen molar-refractivity contribution in [2.24, 2.45) is 5.14 Å². The SMILES string of the molecule is CCN(CC)c1cc(S(N)(=O)=O)ccc1N. The maximum atomic E-state index is 11.2. The number of primary sulfonamides is 1. The van der Waals surface area contributed by atoms with Gasteiger partial charge in [0.05, 0.1) is 16.3 Å². The lowest BCUT2D eigenvalue weighted by molar-refractivity contribution is 0.598. The highest BCUT2D eigenvalue weighted by Gasteiger charge is 2.13. The van der Waals surface area contributed by atoms with E-state index in [0.29, 0.717) is 11.4 Å². The summed E-state index contributed by atoms with van der Waals surface area (Å²) in [7, 11) is -3.67. The zero-order valence-corrected chi connectivity index (χ0v) is 10.3. The summed E-state index contributed by atoms with van der Waals surface area (Å²) >= 11 is 0. The molecule has 0 aliphatic carbocycles. The molecule has 0 aliphatic rings. The largest absolute Gasteiger partial charge is 0.397 e. The molecule has 16 heavy (non-hydrogen) atoms. The number of hydrogen-bond donors (Lipinski definition) is 2.